The lowest BCUT2D eigenvalue weighted by molar-refractivity contribution is -0.119. The van der Waals surface area contributed by atoms with E-state index in [2.05, 4.69) is 5.32 Å². The van der Waals surface area contributed by atoms with Gasteiger partial charge in [-0.1, -0.05) is 18.2 Å². The number of anilines is 1. The topological polar surface area (TPSA) is 29.1 Å². The monoisotopic (exact) mass is 249 g/mol. The summed E-state index contributed by atoms with van der Waals surface area (Å²) in [5, 5.41) is 3.10. The Morgan fingerprint density at radius 3 is 2.65 bits per heavy atom. The van der Waals surface area contributed by atoms with Crippen LogP contribution in [-0.2, 0) is 4.79 Å². The van der Waals surface area contributed by atoms with E-state index in [0.717, 1.165) is 35.4 Å². The first-order valence-electron chi connectivity index (χ1n) is 6.13. The molecule has 1 N–H and O–H groups in total. The molecular formula is C14H19NOS. The van der Waals surface area contributed by atoms with Gasteiger partial charge in [0, 0.05) is 17.4 Å². The minimum atomic E-state index is 0.188. The van der Waals surface area contributed by atoms with Crippen LogP contribution in [0.5, 0.6) is 0 Å². The van der Waals surface area contributed by atoms with Crippen LogP contribution in [0.4, 0.5) is 5.69 Å². The van der Waals surface area contributed by atoms with Gasteiger partial charge in [-0.2, -0.15) is 11.8 Å². The van der Waals surface area contributed by atoms with Crippen molar-refractivity contribution in [3.05, 3.63) is 29.3 Å². The number of carbonyl (C=O) groups is 1. The zero-order chi connectivity index (χ0) is 12.3. The van der Waals surface area contributed by atoms with Crippen LogP contribution in [0, 0.1) is 19.8 Å². The number of nitrogens with one attached hydrogen (secondary N) is 1. The van der Waals surface area contributed by atoms with Crippen LogP contribution in [0.25, 0.3) is 0 Å². The fraction of sp³-hybridized carbons (Fsp3) is 0.500. The maximum atomic E-state index is 12.1. The average molecular weight is 249 g/mol. The summed E-state index contributed by atoms with van der Waals surface area (Å²) in [7, 11) is 0. The third-order valence-corrected chi connectivity index (χ3v) is 4.48. The first kappa shape index (κ1) is 12.5. The highest BCUT2D eigenvalue weighted by Crippen LogP contribution is 2.25. The lowest BCUT2D eigenvalue weighted by Crippen LogP contribution is -2.27. The lowest BCUT2D eigenvalue weighted by Gasteiger charge is -2.21. The molecule has 1 heterocycles. The molecule has 1 aromatic rings. The molecule has 17 heavy (non-hydrogen) atoms. The predicted molar refractivity (Wildman–Crippen MR) is 74.6 cm³/mol. The van der Waals surface area contributed by atoms with Gasteiger partial charge < -0.3 is 5.32 Å². The summed E-state index contributed by atoms with van der Waals surface area (Å²) in [5.74, 6) is 2.55. The first-order valence-corrected chi connectivity index (χ1v) is 7.29. The number of aryl methyl sites for hydroxylation is 2. The van der Waals surface area contributed by atoms with Gasteiger partial charge in [-0.05, 0) is 43.6 Å². The van der Waals surface area contributed by atoms with Crippen molar-refractivity contribution in [2.75, 3.05) is 16.8 Å². The van der Waals surface area contributed by atoms with Gasteiger partial charge in [-0.25, -0.2) is 0 Å². The third-order valence-electron chi connectivity index (χ3n) is 3.26. The Labute approximate surface area is 107 Å². The van der Waals surface area contributed by atoms with Crippen molar-refractivity contribution in [2.45, 2.75) is 26.7 Å². The summed E-state index contributed by atoms with van der Waals surface area (Å²) in [6, 6.07) is 6.10. The Morgan fingerprint density at radius 1 is 1.35 bits per heavy atom. The molecule has 1 unspecified atom stereocenters. The van der Waals surface area contributed by atoms with E-state index >= 15 is 0 Å². The van der Waals surface area contributed by atoms with Gasteiger partial charge in [0.1, 0.15) is 0 Å². The van der Waals surface area contributed by atoms with E-state index in [0.29, 0.717) is 0 Å². The van der Waals surface area contributed by atoms with Crippen LogP contribution in [0.3, 0.4) is 0 Å². The summed E-state index contributed by atoms with van der Waals surface area (Å²) >= 11 is 1.89. The van der Waals surface area contributed by atoms with Crippen molar-refractivity contribution in [2.24, 2.45) is 5.92 Å². The third kappa shape index (κ3) is 3.03. The van der Waals surface area contributed by atoms with Gasteiger partial charge in [0.2, 0.25) is 5.91 Å². The van der Waals surface area contributed by atoms with E-state index in [9.17, 15) is 4.79 Å². The number of hydrogen-bond acceptors (Lipinski definition) is 2. The zero-order valence-corrected chi connectivity index (χ0v) is 11.3. The molecule has 1 fully saturated rings. The molecule has 1 aliphatic heterocycles. The Morgan fingerprint density at radius 2 is 2.06 bits per heavy atom. The molecular weight excluding hydrogens is 230 g/mol. The molecule has 1 aliphatic rings. The standard InChI is InChI=1S/C14H19NOS/c1-10-5-3-6-11(2)13(10)15-14(16)12-7-4-8-17-9-12/h3,5-6,12H,4,7-9H2,1-2H3,(H,15,16). The molecule has 0 aliphatic carbocycles. The second-order valence-electron chi connectivity index (χ2n) is 4.67. The van der Waals surface area contributed by atoms with E-state index in [4.69, 9.17) is 0 Å². The molecule has 1 atom stereocenters. The van der Waals surface area contributed by atoms with Gasteiger partial charge in [-0.15, -0.1) is 0 Å². The fourth-order valence-electron chi connectivity index (χ4n) is 2.18. The van der Waals surface area contributed by atoms with Crippen LogP contribution in [0.2, 0.25) is 0 Å². The number of amides is 1. The van der Waals surface area contributed by atoms with Gasteiger partial charge >= 0.3 is 0 Å². The highest BCUT2D eigenvalue weighted by atomic mass is 32.2. The van der Waals surface area contributed by atoms with Gasteiger partial charge in [0.05, 0.1) is 0 Å². The second-order valence-corrected chi connectivity index (χ2v) is 5.82. The highest BCUT2D eigenvalue weighted by Gasteiger charge is 2.22. The van der Waals surface area contributed by atoms with E-state index in [1.807, 2.05) is 43.8 Å². The summed E-state index contributed by atoms with van der Waals surface area (Å²) in [5.41, 5.74) is 3.27. The van der Waals surface area contributed by atoms with Crippen molar-refractivity contribution in [1.29, 1.82) is 0 Å². The molecule has 1 amide bonds. The molecule has 2 rings (SSSR count). The first-order chi connectivity index (χ1) is 8.18. The Hall–Kier alpha value is -0.960. The van der Waals surface area contributed by atoms with Crippen molar-refractivity contribution in [1.82, 2.24) is 0 Å². The minimum absolute atomic E-state index is 0.188. The average Bonchev–Trinajstić information content (AvgIpc) is 2.35. The Kier molecular flexibility index (Phi) is 4.11. The molecule has 2 nitrogen and oxygen atoms in total. The maximum absolute atomic E-state index is 12.1. The summed E-state index contributed by atoms with van der Waals surface area (Å²) in [6.45, 7) is 4.08. The van der Waals surface area contributed by atoms with Crippen LogP contribution < -0.4 is 5.32 Å². The molecule has 1 aromatic carbocycles. The van der Waals surface area contributed by atoms with Crippen molar-refractivity contribution in [3.63, 3.8) is 0 Å². The normalized spacial score (nSPS) is 20.0. The quantitative estimate of drug-likeness (QED) is 0.870. The molecule has 92 valence electrons. The van der Waals surface area contributed by atoms with Crippen molar-refractivity contribution >= 4 is 23.4 Å². The van der Waals surface area contributed by atoms with Crippen LogP contribution in [-0.4, -0.2) is 17.4 Å². The molecule has 0 aromatic heterocycles. The highest BCUT2D eigenvalue weighted by molar-refractivity contribution is 7.99. The van der Waals surface area contributed by atoms with E-state index in [-0.39, 0.29) is 11.8 Å². The number of benzene rings is 1. The van der Waals surface area contributed by atoms with Crippen molar-refractivity contribution in [3.8, 4) is 0 Å². The molecule has 0 bridgehead atoms. The Bertz CT molecular complexity index is 390. The van der Waals surface area contributed by atoms with Crippen LogP contribution in [0.15, 0.2) is 18.2 Å². The number of para-hydroxylation sites is 1. The van der Waals surface area contributed by atoms with Crippen LogP contribution in [0.1, 0.15) is 24.0 Å². The minimum Gasteiger partial charge on any atom is -0.325 e. The number of thioether (sulfide) groups is 1. The van der Waals surface area contributed by atoms with Crippen LogP contribution >= 0.6 is 11.8 Å². The number of hydrogen-bond donors (Lipinski definition) is 1. The lowest BCUT2D eigenvalue weighted by atomic mass is 10.0. The fourth-order valence-corrected chi connectivity index (χ4v) is 3.32. The maximum Gasteiger partial charge on any atom is 0.228 e. The predicted octanol–water partition coefficient (Wildman–Crippen LogP) is 3.39. The Balaban J connectivity index is 2.07. The van der Waals surface area contributed by atoms with Gasteiger partial charge in [0.15, 0.2) is 0 Å². The zero-order valence-electron chi connectivity index (χ0n) is 10.5. The summed E-state index contributed by atoms with van der Waals surface area (Å²) in [6.07, 6.45) is 2.19. The largest absolute Gasteiger partial charge is 0.325 e. The molecule has 1 saturated heterocycles. The molecule has 0 radical (unpaired) electrons. The number of rotatable bonds is 2. The van der Waals surface area contributed by atoms with E-state index < -0.39 is 0 Å². The van der Waals surface area contributed by atoms with Gasteiger partial charge in [-0.3, -0.25) is 4.79 Å². The SMILES string of the molecule is Cc1cccc(C)c1NC(=O)C1CCCSC1. The summed E-state index contributed by atoms with van der Waals surface area (Å²) < 4.78 is 0. The summed E-state index contributed by atoms with van der Waals surface area (Å²) in [4.78, 5) is 12.1. The smallest absolute Gasteiger partial charge is 0.228 e. The van der Waals surface area contributed by atoms with E-state index in [1.165, 1.54) is 5.75 Å². The molecule has 0 spiro atoms. The number of carbonyl (C=O) groups excluding carboxylic acids is 1. The van der Waals surface area contributed by atoms with E-state index in [1.54, 1.807) is 0 Å². The molecule has 3 heteroatoms. The molecule has 0 saturated carbocycles. The van der Waals surface area contributed by atoms with Gasteiger partial charge in [0.25, 0.3) is 0 Å². The van der Waals surface area contributed by atoms with Crippen molar-refractivity contribution < 1.29 is 4.79 Å². The second kappa shape index (κ2) is 5.58.